The van der Waals surface area contributed by atoms with Gasteiger partial charge in [-0.05, 0) is 35.4 Å². The van der Waals surface area contributed by atoms with Crippen LogP contribution in [0.25, 0.3) is 11.0 Å². The highest BCUT2D eigenvalue weighted by Gasteiger charge is 2.38. The molecule has 0 radical (unpaired) electrons. The van der Waals surface area contributed by atoms with Gasteiger partial charge in [-0.1, -0.05) is 67.2 Å². The van der Waals surface area contributed by atoms with Crippen molar-refractivity contribution in [2.75, 3.05) is 11.1 Å². The maximum absolute atomic E-state index is 12.9. The van der Waals surface area contributed by atoms with Crippen LogP contribution in [0, 0.1) is 5.92 Å². The number of nitrogens with one attached hydrogen (secondary N) is 1. The molecule has 4 atom stereocenters. The van der Waals surface area contributed by atoms with Gasteiger partial charge in [0.25, 0.3) is 5.91 Å². The second kappa shape index (κ2) is 12.4. The molecule has 2 N–H and O–H groups in total. The fourth-order valence-electron chi connectivity index (χ4n) is 4.86. The van der Waals surface area contributed by atoms with E-state index in [1.807, 2.05) is 84.4 Å². The third-order valence-electron chi connectivity index (χ3n) is 7.29. The Kier molecular flexibility index (Phi) is 8.24. The van der Waals surface area contributed by atoms with E-state index in [4.69, 9.17) is 9.47 Å². The summed E-state index contributed by atoms with van der Waals surface area (Å²) in [4.78, 5) is 21.6. The average Bonchev–Trinajstić information content (AvgIpc) is 3.45. The molecule has 6 rings (SSSR count). The van der Waals surface area contributed by atoms with E-state index in [2.05, 4.69) is 32.4 Å². The Hall–Kier alpha value is -4.16. The van der Waals surface area contributed by atoms with Crippen molar-refractivity contribution in [2.24, 2.45) is 13.0 Å². The number of aliphatic hydroxyl groups is 1. The second-order valence-electron chi connectivity index (χ2n) is 10.2. The minimum absolute atomic E-state index is 0.0135. The summed E-state index contributed by atoms with van der Waals surface area (Å²) in [6.07, 6.45) is 2.16. The summed E-state index contributed by atoms with van der Waals surface area (Å²) in [5.41, 5.74) is 4.94. The summed E-state index contributed by atoms with van der Waals surface area (Å²) in [7, 11) is 1.91. The molecule has 2 aromatic heterocycles. The smallest absolute Gasteiger partial charge is 0.275 e. The Morgan fingerprint density at radius 3 is 2.45 bits per heavy atom. The van der Waals surface area contributed by atoms with Gasteiger partial charge in [-0.25, -0.2) is 4.98 Å². The maximum atomic E-state index is 12.9. The molecule has 0 aliphatic carbocycles. The summed E-state index contributed by atoms with van der Waals surface area (Å²) >= 11 is 1.59. The van der Waals surface area contributed by atoms with Crippen LogP contribution in [-0.4, -0.2) is 47.6 Å². The number of anilines is 1. The highest BCUT2D eigenvalue weighted by molar-refractivity contribution is 7.99. The molecule has 11 heteroatoms. The number of benzene rings is 3. The number of carbonyl (C=O) groups is 1. The van der Waals surface area contributed by atoms with E-state index in [0.29, 0.717) is 17.0 Å². The van der Waals surface area contributed by atoms with Crippen molar-refractivity contribution in [2.45, 2.75) is 37.2 Å². The number of thioether (sulfide) groups is 1. The number of aromatic nitrogens is 5. The number of amides is 1. The van der Waals surface area contributed by atoms with Crippen molar-refractivity contribution >= 4 is 34.4 Å². The normalized spacial score (nSPS) is 20.5. The van der Waals surface area contributed by atoms with Crippen LogP contribution in [0.2, 0.25) is 0 Å². The molecule has 0 unspecified atom stereocenters. The van der Waals surface area contributed by atoms with Gasteiger partial charge in [0.1, 0.15) is 12.0 Å². The van der Waals surface area contributed by atoms with Gasteiger partial charge in [0, 0.05) is 30.0 Å². The molecular weight excluding hydrogens is 552 g/mol. The molecule has 3 aromatic carbocycles. The van der Waals surface area contributed by atoms with Gasteiger partial charge < -0.3 is 24.5 Å². The van der Waals surface area contributed by atoms with E-state index < -0.39 is 6.29 Å². The zero-order valence-electron chi connectivity index (χ0n) is 23.1. The second-order valence-corrected chi connectivity index (χ2v) is 11.2. The molecular formula is C31H30N6O4S. The van der Waals surface area contributed by atoms with Crippen molar-refractivity contribution in [3.63, 3.8) is 0 Å². The van der Waals surface area contributed by atoms with Crippen LogP contribution in [0.3, 0.4) is 0 Å². The summed E-state index contributed by atoms with van der Waals surface area (Å²) in [5, 5.41) is 21.4. The minimum Gasteiger partial charge on any atom is -0.392 e. The van der Waals surface area contributed by atoms with Crippen LogP contribution in [0.4, 0.5) is 5.69 Å². The van der Waals surface area contributed by atoms with E-state index >= 15 is 0 Å². The van der Waals surface area contributed by atoms with Crippen molar-refractivity contribution in [3.05, 3.63) is 108 Å². The van der Waals surface area contributed by atoms with Crippen LogP contribution in [0.5, 0.6) is 0 Å². The van der Waals surface area contributed by atoms with Crippen molar-refractivity contribution in [1.82, 2.24) is 24.7 Å². The fraction of sp³-hybridized carbons (Fsp3) is 0.258. The van der Waals surface area contributed by atoms with E-state index in [-0.39, 0.29) is 36.3 Å². The molecule has 10 nitrogen and oxygen atoms in total. The third kappa shape index (κ3) is 6.04. The number of hydrogen-bond donors (Lipinski definition) is 2. The highest BCUT2D eigenvalue weighted by Crippen LogP contribution is 2.43. The van der Waals surface area contributed by atoms with Gasteiger partial charge in [0.05, 0.1) is 36.0 Å². The first-order valence-corrected chi connectivity index (χ1v) is 14.6. The van der Waals surface area contributed by atoms with Gasteiger partial charge >= 0.3 is 0 Å². The summed E-state index contributed by atoms with van der Waals surface area (Å²) in [6.45, 7) is 2.11. The molecule has 1 fully saturated rings. The van der Waals surface area contributed by atoms with Gasteiger partial charge in [-0.15, -0.1) is 10.2 Å². The first kappa shape index (κ1) is 28.0. The standard InChI is InChI=1S/C31H30N6O4S/c1-19-27(17-42-31-36-33-18-37(31)2)40-30(41-28(19)21-9-7-20(16-38)8-10-21)22-11-13-23(14-12-22)34-29(39)26-15-32-24-5-3-4-6-25(24)35-26/h3-15,18-19,27-28,30,38H,16-17H2,1-2H3,(H,34,39)/t19-,27+,28+,30+/m0/s1. The van der Waals surface area contributed by atoms with Crippen LogP contribution in [0.1, 0.15) is 46.5 Å². The topological polar surface area (TPSA) is 124 Å². The number of aryl methyl sites for hydroxylation is 1. The van der Waals surface area contributed by atoms with E-state index in [1.165, 1.54) is 6.20 Å². The maximum Gasteiger partial charge on any atom is 0.275 e. The van der Waals surface area contributed by atoms with Crippen molar-refractivity contribution in [3.8, 4) is 0 Å². The lowest BCUT2D eigenvalue weighted by molar-refractivity contribution is -0.268. The summed E-state index contributed by atoms with van der Waals surface area (Å²) in [6, 6.07) is 22.7. The molecule has 214 valence electrons. The SMILES string of the molecule is C[C@H]1[C@@H](CSc2nncn2C)O[C@@H](c2ccc(NC(=O)c3cnc4ccccc4n3)cc2)O[C@H]1c1ccc(CO)cc1. The molecule has 1 aliphatic rings. The minimum atomic E-state index is -0.620. The molecule has 0 saturated carbocycles. The lowest BCUT2D eigenvalue weighted by atomic mass is 9.91. The van der Waals surface area contributed by atoms with Crippen LogP contribution in [-0.2, 0) is 23.1 Å². The van der Waals surface area contributed by atoms with Gasteiger partial charge in [-0.2, -0.15) is 0 Å². The highest BCUT2D eigenvalue weighted by atomic mass is 32.2. The van der Waals surface area contributed by atoms with E-state index in [9.17, 15) is 9.90 Å². The predicted molar refractivity (Wildman–Crippen MR) is 159 cm³/mol. The zero-order chi connectivity index (χ0) is 29.1. The Morgan fingerprint density at radius 1 is 1.00 bits per heavy atom. The molecule has 42 heavy (non-hydrogen) atoms. The summed E-state index contributed by atoms with van der Waals surface area (Å²) in [5.74, 6) is 0.371. The molecule has 1 saturated heterocycles. The monoisotopic (exact) mass is 582 g/mol. The zero-order valence-corrected chi connectivity index (χ0v) is 23.9. The first-order chi connectivity index (χ1) is 20.5. The van der Waals surface area contributed by atoms with Gasteiger partial charge in [-0.3, -0.25) is 9.78 Å². The average molecular weight is 583 g/mol. The Morgan fingerprint density at radius 2 is 1.74 bits per heavy atom. The van der Waals surface area contributed by atoms with Gasteiger partial charge in [0.15, 0.2) is 11.4 Å². The fourth-order valence-corrected chi connectivity index (χ4v) is 5.91. The third-order valence-corrected chi connectivity index (χ3v) is 8.41. The Labute approximate surface area is 247 Å². The van der Waals surface area contributed by atoms with E-state index in [1.54, 1.807) is 18.1 Å². The Bertz CT molecular complexity index is 1680. The molecule has 1 aliphatic heterocycles. The van der Waals surface area contributed by atoms with Crippen LogP contribution < -0.4 is 5.32 Å². The summed E-state index contributed by atoms with van der Waals surface area (Å²) < 4.78 is 14.9. The molecule has 3 heterocycles. The van der Waals surface area contributed by atoms with Crippen molar-refractivity contribution in [1.29, 1.82) is 0 Å². The van der Waals surface area contributed by atoms with E-state index in [0.717, 1.165) is 27.4 Å². The van der Waals surface area contributed by atoms with Crippen LogP contribution >= 0.6 is 11.8 Å². The van der Waals surface area contributed by atoms with Crippen molar-refractivity contribution < 1.29 is 19.4 Å². The number of hydrogen-bond acceptors (Lipinski definition) is 9. The molecule has 5 aromatic rings. The number of ether oxygens (including phenoxy) is 2. The largest absolute Gasteiger partial charge is 0.392 e. The van der Waals surface area contributed by atoms with Crippen LogP contribution in [0.15, 0.2) is 90.5 Å². The number of fused-ring (bicyclic) bond motifs is 1. The number of carbonyl (C=O) groups excluding carboxylic acids is 1. The Balaban J connectivity index is 1.19. The number of nitrogens with zero attached hydrogens (tertiary/aromatic N) is 5. The molecule has 0 spiro atoms. The number of aliphatic hydroxyl groups excluding tert-OH is 1. The quantitative estimate of drug-likeness (QED) is 0.241. The first-order valence-electron chi connectivity index (χ1n) is 13.6. The predicted octanol–water partition coefficient (Wildman–Crippen LogP) is 5.09. The molecule has 0 bridgehead atoms. The van der Waals surface area contributed by atoms with Gasteiger partial charge in [0.2, 0.25) is 0 Å². The number of para-hydroxylation sites is 2. The molecule has 1 amide bonds. The number of rotatable bonds is 8. The lowest BCUT2D eigenvalue weighted by Gasteiger charge is -2.41. The lowest BCUT2D eigenvalue weighted by Crippen LogP contribution is -2.38.